The molecule has 1 aliphatic carbocycles. The van der Waals surface area contributed by atoms with Crippen LogP contribution in [-0.2, 0) is 12.8 Å². The van der Waals surface area contributed by atoms with E-state index in [-0.39, 0.29) is 0 Å². The summed E-state index contributed by atoms with van der Waals surface area (Å²) in [7, 11) is 0. The predicted octanol–water partition coefficient (Wildman–Crippen LogP) is 3.22. The molecule has 0 saturated heterocycles. The van der Waals surface area contributed by atoms with Gasteiger partial charge in [-0.05, 0) is 42.9 Å². The van der Waals surface area contributed by atoms with Gasteiger partial charge in [0.2, 0.25) is 0 Å². The first-order valence-electron chi connectivity index (χ1n) is 5.46. The monoisotopic (exact) mass is 199 g/mol. The second kappa shape index (κ2) is 3.54. The third-order valence-corrected chi connectivity index (χ3v) is 3.07. The summed E-state index contributed by atoms with van der Waals surface area (Å²) in [5, 5.41) is 3.74. The average Bonchev–Trinajstić information content (AvgIpc) is 2.82. The molecule has 0 radical (unpaired) electrons. The Labute approximate surface area is 88.9 Å². The van der Waals surface area contributed by atoms with E-state index in [0.29, 0.717) is 0 Å². The van der Waals surface area contributed by atoms with Crippen LogP contribution >= 0.6 is 0 Å². The second-order valence-corrected chi connectivity index (χ2v) is 4.07. The van der Waals surface area contributed by atoms with Gasteiger partial charge in [-0.3, -0.25) is 0 Å². The highest BCUT2D eigenvalue weighted by Gasteiger charge is 2.11. The molecule has 2 aromatic rings. The molecule has 0 aliphatic heterocycles. The zero-order valence-electron chi connectivity index (χ0n) is 8.57. The molecule has 0 amide bonds. The molecule has 1 aromatic carbocycles. The molecule has 2 nitrogen and oxygen atoms in total. The molecule has 0 spiro atoms. The van der Waals surface area contributed by atoms with Crippen LogP contribution in [0, 0.1) is 0 Å². The van der Waals surface area contributed by atoms with Crippen LogP contribution in [0.1, 0.15) is 24.0 Å². The average molecular weight is 199 g/mol. The van der Waals surface area contributed by atoms with Crippen LogP contribution < -0.4 is 0 Å². The van der Waals surface area contributed by atoms with Crippen LogP contribution in [0.5, 0.6) is 0 Å². The van der Waals surface area contributed by atoms with Crippen LogP contribution in [0.15, 0.2) is 35.0 Å². The summed E-state index contributed by atoms with van der Waals surface area (Å²) in [5.41, 5.74) is 4.13. The molecule has 0 bridgehead atoms. The van der Waals surface area contributed by atoms with E-state index in [4.69, 9.17) is 4.52 Å². The van der Waals surface area contributed by atoms with E-state index in [1.165, 1.54) is 36.8 Å². The van der Waals surface area contributed by atoms with Crippen molar-refractivity contribution in [3.8, 4) is 11.3 Å². The van der Waals surface area contributed by atoms with Gasteiger partial charge in [0.15, 0.2) is 5.76 Å². The fraction of sp³-hybridized carbons (Fsp3) is 0.308. The van der Waals surface area contributed by atoms with E-state index in [0.717, 1.165) is 11.3 Å². The van der Waals surface area contributed by atoms with E-state index in [1.807, 2.05) is 6.07 Å². The van der Waals surface area contributed by atoms with Crippen molar-refractivity contribution in [2.24, 2.45) is 0 Å². The molecule has 15 heavy (non-hydrogen) atoms. The van der Waals surface area contributed by atoms with Crippen molar-refractivity contribution in [2.75, 3.05) is 0 Å². The maximum absolute atomic E-state index is 5.16. The van der Waals surface area contributed by atoms with Crippen LogP contribution in [0.3, 0.4) is 0 Å². The Morgan fingerprint density at radius 3 is 2.67 bits per heavy atom. The lowest BCUT2D eigenvalue weighted by Gasteiger charge is -2.15. The number of rotatable bonds is 1. The van der Waals surface area contributed by atoms with Gasteiger partial charge in [0, 0.05) is 11.6 Å². The van der Waals surface area contributed by atoms with E-state index in [9.17, 15) is 0 Å². The fourth-order valence-corrected chi connectivity index (χ4v) is 2.25. The minimum atomic E-state index is 0.864. The number of hydrogen-bond acceptors (Lipinski definition) is 2. The Balaban J connectivity index is 2.04. The van der Waals surface area contributed by atoms with Gasteiger partial charge in [-0.2, -0.15) is 0 Å². The third kappa shape index (κ3) is 1.56. The second-order valence-electron chi connectivity index (χ2n) is 4.07. The van der Waals surface area contributed by atoms with Gasteiger partial charge in [0.25, 0.3) is 0 Å². The van der Waals surface area contributed by atoms with Crippen molar-refractivity contribution < 1.29 is 4.52 Å². The first kappa shape index (κ1) is 8.72. The molecule has 0 saturated carbocycles. The first-order valence-corrected chi connectivity index (χ1v) is 5.46. The number of aryl methyl sites for hydroxylation is 2. The molecule has 1 aliphatic rings. The molecule has 0 N–H and O–H groups in total. The molecule has 0 unspecified atom stereocenters. The number of hydrogen-bond donors (Lipinski definition) is 0. The Kier molecular flexibility index (Phi) is 2.05. The number of benzene rings is 1. The number of nitrogens with zero attached hydrogens (tertiary/aromatic N) is 1. The van der Waals surface area contributed by atoms with Gasteiger partial charge in [-0.15, -0.1) is 0 Å². The van der Waals surface area contributed by atoms with Gasteiger partial charge >= 0.3 is 0 Å². The summed E-state index contributed by atoms with van der Waals surface area (Å²) >= 11 is 0. The summed E-state index contributed by atoms with van der Waals surface area (Å²) in [5.74, 6) is 0.864. The standard InChI is InChI=1S/C13H13NO/c1-2-4-11-9-12(6-5-10(11)3-1)13-7-8-14-15-13/h5-9H,1-4H2. The Hall–Kier alpha value is -1.57. The van der Waals surface area contributed by atoms with Gasteiger partial charge < -0.3 is 4.52 Å². The third-order valence-electron chi connectivity index (χ3n) is 3.07. The van der Waals surface area contributed by atoms with Crippen molar-refractivity contribution in [1.82, 2.24) is 5.16 Å². The van der Waals surface area contributed by atoms with E-state index in [2.05, 4.69) is 23.4 Å². The van der Waals surface area contributed by atoms with Gasteiger partial charge in [-0.1, -0.05) is 17.3 Å². The fourth-order valence-electron chi connectivity index (χ4n) is 2.25. The summed E-state index contributed by atoms with van der Waals surface area (Å²) in [6.45, 7) is 0. The summed E-state index contributed by atoms with van der Waals surface area (Å²) < 4.78 is 5.16. The normalized spacial score (nSPS) is 14.9. The lowest BCUT2D eigenvalue weighted by molar-refractivity contribution is 0.432. The number of fused-ring (bicyclic) bond motifs is 1. The van der Waals surface area contributed by atoms with Crippen LogP contribution in [-0.4, -0.2) is 5.16 Å². The Morgan fingerprint density at radius 1 is 1.00 bits per heavy atom. The number of aromatic nitrogens is 1. The quantitative estimate of drug-likeness (QED) is 0.704. The van der Waals surface area contributed by atoms with Crippen molar-refractivity contribution >= 4 is 0 Å². The molecule has 0 fully saturated rings. The molecule has 2 heteroatoms. The van der Waals surface area contributed by atoms with Crippen LogP contribution in [0.4, 0.5) is 0 Å². The molecular weight excluding hydrogens is 186 g/mol. The predicted molar refractivity (Wildman–Crippen MR) is 58.6 cm³/mol. The zero-order chi connectivity index (χ0) is 10.1. The highest BCUT2D eigenvalue weighted by atomic mass is 16.5. The minimum Gasteiger partial charge on any atom is -0.356 e. The van der Waals surface area contributed by atoms with Crippen LogP contribution in [0.25, 0.3) is 11.3 Å². The van der Waals surface area contributed by atoms with E-state index >= 15 is 0 Å². The van der Waals surface area contributed by atoms with Crippen molar-refractivity contribution in [2.45, 2.75) is 25.7 Å². The smallest absolute Gasteiger partial charge is 0.166 e. The topological polar surface area (TPSA) is 26.0 Å². The highest BCUT2D eigenvalue weighted by Crippen LogP contribution is 2.26. The Bertz CT molecular complexity index is 459. The lowest BCUT2D eigenvalue weighted by atomic mass is 9.90. The summed E-state index contributed by atoms with van der Waals surface area (Å²) in [6.07, 6.45) is 6.76. The van der Waals surface area contributed by atoms with Gasteiger partial charge in [-0.25, -0.2) is 0 Å². The molecule has 1 aromatic heterocycles. The maximum atomic E-state index is 5.16. The minimum absolute atomic E-state index is 0.864. The molecular formula is C13H13NO. The van der Waals surface area contributed by atoms with E-state index in [1.54, 1.807) is 6.20 Å². The lowest BCUT2D eigenvalue weighted by Crippen LogP contribution is -2.02. The van der Waals surface area contributed by atoms with Crippen molar-refractivity contribution in [3.63, 3.8) is 0 Å². The maximum Gasteiger partial charge on any atom is 0.166 e. The first-order chi connectivity index (χ1) is 7.43. The van der Waals surface area contributed by atoms with E-state index < -0.39 is 0 Å². The summed E-state index contributed by atoms with van der Waals surface area (Å²) in [4.78, 5) is 0. The van der Waals surface area contributed by atoms with Gasteiger partial charge in [0.05, 0.1) is 6.20 Å². The van der Waals surface area contributed by atoms with Crippen molar-refractivity contribution in [1.29, 1.82) is 0 Å². The largest absolute Gasteiger partial charge is 0.356 e. The highest BCUT2D eigenvalue weighted by molar-refractivity contribution is 5.59. The molecule has 3 rings (SSSR count). The molecule has 76 valence electrons. The van der Waals surface area contributed by atoms with Gasteiger partial charge in [0.1, 0.15) is 0 Å². The Morgan fingerprint density at radius 2 is 1.87 bits per heavy atom. The van der Waals surface area contributed by atoms with Crippen molar-refractivity contribution in [3.05, 3.63) is 41.6 Å². The zero-order valence-corrected chi connectivity index (χ0v) is 8.57. The molecule has 1 heterocycles. The SMILES string of the molecule is c1cc(-c2ccc3c(c2)CCCC3)on1. The van der Waals surface area contributed by atoms with Crippen LogP contribution in [0.2, 0.25) is 0 Å². The molecule has 0 atom stereocenters. The summed E-state index contributed by atoms with van der Waals surface area (Å²) in [6, 6.07) is 8.51.